The average Bonchev–Trinajstić information content (AvgIpc) is 3.42. The number of nitrogens with zero attached hydrogens (tertiary/aromatic N) is 4. The number of esters is 2. The number of halogens is 3. The molecule has 382 valence electrons. The second-order valence-electron chi connectivity index (χ2n) is 21.3. The number of carbonyl (C=O) groups excluding carboxylic acids is 4. The van der Waals surface area contributed by atoms with Crippen LogP contribution in [0.15, 0.2) is 82.3 Å². The Morgan fingerprint density at radius 1 is 0.571 bits per heavy atom. The number of alkyl carbamates (subject to hydrolysis) is 2. The lowest BCUT2D eigenvalue weighted by atomic mass is 9.78. The highest BCUT2D eigenvalue weighted by molar-refractivity contribution is 14.1. The number of nitrogens with one attached hydrogen (secondary N) is 2. The molecule has 3 heterocycles. The van der Waals surface area contributed by atoms with Crippen LogP contribution < -0.4 is 16.1 Å². The number of ether oxygens (including phenoxy) is 4. The first-order valence-corrected chi connectivity index (χ1v) is 25.3. The Morgan fingerprint density at radius 3 is 1.23 bits per heavy atom. The number of rotatable bonds is 10. The van der Waals surface area contributed by atoms with Crippen LogP contribution in [-0.4, -0.2) is 96.9 Å². The molecule has 1 aliphatic heterocycles. The molecule has 4 aromatic rings. The number of carbonyl (C=O) groups is 4. The van der Waals surface area contributed by atoms with Gasteiger partial charge in [0.1, 0.15) is 34.5 Å². The molecule has 0 unspecified atom stereocenters. The molecule has 2 amide bonds. The summed E-state index contributed by atoms with van der Waals surface area (Å²) in [7, 11) is -0.462. The van der Waals surface area contributed by atoms with E-state index in [4.69, 9.17) is 28.3 Å². The number of hydrogen-bond acceptors (Lipinski definition) is 14. The molecule has 2 N–H and O–H groups in total. The van der Waals surface area contributed by atoms with Crippen LogP contribution in [0, 0.1) is 3.83 Å². The highest BCUT2D eigenvalue weighted by Crippen LogP contribution is 2.36. The van der Waals surface area contributed by atoms with E-state index in [1.54, 1.807) is 108 Å². The van der Waals surface area contributed by atoms with Gasteiger partial charge in [-0.2, -0.15) is 0 Å². The van der Waals surface area contributed by atoms with E-state index >= 15 is 0 Å². The van der Waals surface area contributed by atoms with Gasteiger partial charge in [-0.3, -0.25) is 0 Å². The Labute approximate surface area is 444 Å². The van der Waals surface area contributed by atoms with E-state index in [1.165, 1.54) is 0 Å². The van der Waals surface area contributed by atoms with Crippen LogP contribution in [-0.2, 0) is 50.7 Å². The maximum Gasteiger partial charge on any atom is 0.494 e. The van der Waals surface area contributed by atoms with Crippen molar-refractivity contribution in [2.24, 2.45) is 0 Å². The van der Waals surface area contributed by atoms with Gasteiger partial charge < -0.3 is 38.9 Å². The third-order valence-corrected chi connectivity index (χ3v) is 10.9. The van der Waals surface area contributed by atoms with Gasteiger partial charge in [-0.15, -0.1) is 0 Å². The summed E-state index contributed by atoms with van der Waals surface area (Å²) >= 11 is 8.59. The molecule has 70 heavy (non-hydrogen) atoms. The maximum atomic E-state index is 12.8. The summed E-state index contributed by atoms with van der Waals surface area (Å²) < 4.78 is 36.3. The minimum absolute atomic E-state index is 0.260. The maximum absolute atomic E-state index is 12.8. The highest BCUT2D eigenvalue weighted by Gasteiger charge is 2.51. The molecule has 0 spiro atoms. The molecule has 2 aromatic carbocycles. The van der Waals surface area contributed by atoms with Crippen LogP contribution in [0.1, 0.15) is 122 Å². The monoisotopic (exact) mass is 1210 g/mol. The summed E-state index contributed by atoms with van der Waals surface area (Å²) in [6, 6.07) is 13.3. The van der Waals surface area contributed by atoms with Crippen LogP contribution in [0.4, 0.5) is 9.59 Å². The first-order valence-electron chi connectivity index (χ1n) is 22.6. The van der Waals surface area contributed by atoms with Crippen molar-refractivity contribution in [2.75, 3.05) is 0 Å². The van der Waals surface area contributed by atoms with Crippen LogP contribution in [0.2, 0.25) is 0 Å². The van der Waals surface area contributed by atoms with Crippen molar-refractivity contribution < 1.29 is 47.4 Å². The van der Waals surface area contributed by atoms with Gasteiger partial charge in [0.2, 0.25) is 0 Å². The minimum Gasteiger partial charge on any atom is -0.458 e. The zero-order valence-corrected chi connectivity index (χ0v) is 48.4. The van der Waals surface area contributed by atoms with Crippen LogP contribution in [0.25, 0.3) is 11.4 Å². The molecular weight excluding hydrogens is 1140 g/mol. The van der Waals surface area contributed by atoms with Gasteiger partial charge in [-0.1, -0.05) is 48.5 Å². The minimum atomic E-state index is -0.883. The van der Waals surface area contributed by atoms with Crippen molar-refractivity contribution in [2.45, 2.75) is 169 Å². The smallest absolute Gasteiger partial charge is 0.458 e. The van der Waals surface area contributed by atoms with E-state index in [2.05, 4.69) is 85.0 Å². The van der Waals surface area contributed by atoms with Gasteiger partial charge in [-0.05, 0) is 159 Å². The average molecular weight is 1210 g/mol. The van der Waals surface area contributed by atoms with E-state index in [0.29, 0.717) is 5.82 Å². The van der Waals surface area contributed by atoms with Gasteiger partial charge in [0.05, 0.1) is 20.1 Å². The number of benzene rings is 2. The van der Waals surface area contributed by atoms with Crippen molar-refractivity contribution in [3.8, 4) is 11.4 Å². The molecule has 2 atom stereocenters. The lowest BCUT2D eigenvalue weighted by Crippen LogP contribution is -2.47. The molecule has 0 radical (unpaired) electrons. The summed E-state index contributed by atoms with van der Waals surface area (Å²) in [5, 5.41) is 5.28. The molecule has 5 rings (SSSR count). The Balaban J connectivity index is 0.000000319. The summed E-state index contributed by atoms with van der Waals surface area (Å²) in [6.07, 6.45) is 5.98. The first kappa shape index (κ1) is 60.1. The van der Waals surface area contributed by atoms with Gasteiger partial charge in [-0.25, -0.2) is 39.1 Å². The molecule has 16 nitrogen and oxygen atoms in total. The molecule has 2 aromatic heterocycles. The lowest BCUT2D eigenvalue weighted by Gasteiger charge is -2.32. The zero-order chi connectivity index (χ0) is 53.0. The van der Waals surface area contributed by atoms with Gasteiger partial charge >= 0.3 is 31.2 Å². The second-order valence-corrected chi connectivity index (χ2v) is 24.1. The van der Waals surface area contributed by atoms with E-state index in [-0.39, 0.29) is 12.8 Å². The van der Waals surface area contributed by atoms with Crippen LogP contribution >= 0.6 is 54.5 Å². The topological polar surface area (TPSA) is 199 Å². The van der Waals surface area contributed by atoms with Crippen molar-refractivity contribution >= 4 is 91.2 Å². The Morgan fingerprint density at radius 2 is 0.900 bits per heavy atom. The van der Waals surface area contributed by atoms with Crippen LogP contribution in [0.5, 0.6) is 0 Å². The van der Waals surface area contributed by atoms with E-state index in [9.17, 15) is 19.2 Å². The van der Waals surface area contributed by atoms with Gasteiger partial charge in [0.15, 0.2) is 9.66 Å². The summed E-state index contributed by atoms with van der Waals surface area (Å²) in [5.41, 5.74) is -0.0897. The van der Waals surface area contributed by atoms with Gasteiger partial charge in [0, 0.05) is 65.8 Å². The zero-order valence-electron chi connectivity index (χ0n) is 43.1. The molecule has 1 fully saturated rings. The fraction of sp³-hybridized carbons (Fsp3) is 0.520. The Hall–Kier alpha value is -4.25. The van der Waals surface area contributed by atoms with E-state index in [0.717, 1.165) is 34.9 Å². The molecular formula is C50H68BBr2IN6O10. The lowest BCUT2D eigenvalue weighted by molar-refractivity contribution is -0.158. The fourth-order valence-electron chi connectivity index (χ4n) is 5.84. The van der Waals surface area contributed by atoms with Crippen molar-refractivity contribution in [1.82, 2.24) is 30.6 Å². The summed E-state index contributed by atoms with van der Waals surface area (Å²) in [6.45, 7) is 29.3. The van der Waals surface area contributed by atoms with Crippen LogP contribution in [0.3, 0.4) is 0 Å². The predicted octanol–water partition coefficient (Wildman–Crippen LogP) is 10.3. The number of aromatic nitrogens is 4. The SMILES string of the molecule is Brc1cnc(I)nc1.CC(C)(C)OC(=O)N[C@@H](Cc1ccc(-c2ncc(Br)cn2)cc1)C(=O)OC(C)(C)C.CC(C)(C)OC(=O)N[C@@H](Cc1ccc(B2OC(C)(C)C(C)(C)O2)cc1)C(=O)OC(C)(C)C. The Bertz CT molecular complexity index is 2310. The van der Waals surface area contributed by atoms with Gasteiger partial charge in [0.25, 0.3) is 0 Å². The van der Waals surface area contributed by atoms with E-state index < -0.39 is 76.9 Å². The first-order chi connectivity index (χ1) is 32.0. The summed E-state index contributed by atoms with van der Waals surface area (Å²) in [4.78, 5) is 66.3. The third kappa shape index (κ3) is 22.0. The molecule has 0 aliphatic carbocycles. The Kier molecular flexibility index (Phi) is 21.4. The largest absolute Gasteiger partial charge is 0.494 e. The standard InChI is InChI=1S/C24H38BNO6.C22H28BrN3O4.C4H2BrIN2/c1-21(2,3)29-19(27)18(26-20(28)30-22(4,5)6)15-16-11-13-17(14-12-16)25-31-23(7,8)24(9,10)32-25;1-21(2,3)29-19(27)17(26-20(28)30-22(4,5)6)11-14-7-9-15(10-8-14)18-24-12-16(23)13-25-18;5-3-1-7-4(6)8-2-3/h11-14,18H,15H2,1-10H3,(H,26,28);7-10,12-13,17H,11H2,1-6H3,(H,26,28);1-2H/t18-;17-;/m00./s1. The van der Waals surface area contributed by atoms with Crippen molar-refractivity contribution in [3.63, 3.8) is 0 Å². The fourth-order valence-corrected chi connectivity index (χ4v) is 6.53. The summed E-state index contributed by atoms with van der Waals surface area (Å²) in [5.74, 6) is -0.438. The second kappa shape index (κ2) is 24.9. The number of amides is 2. The van der Waals surface area contributed by atoms with E-state index in [1.807, 2.05) is 76.2 Å². The molecule has 20 heteroatoms. The molecule has 0 bridgehead atoms. The van der Waals surface area contributed by atoms with Crippen molar-refractivity contribution in [1.29, 1.82) is 0 Å². The highest BCUT2D eigenvalue weighted by atomic mass is 127. The van der Waals surface area contributed by atoms with Crippen molar-refractivity contribution in [3.05, 3.63) is 97.2 Å². The molecule has 0 saturated carbocycles. The predicted molar refractivity (Wildman–Crippen MR) is 285 cm³/mol. The molecule has 1 saturated heterocycles. The third-order valence-electron chi connectivity index (χ3n) is 9.57. The molecule has 1 aliphatic rings. The normalized spacial score (nSPS) is 15.1. The quantitative estimate of drug-likeness (QED) is 0.0500. The number of hydrogen-bond donors (Lipinski definition) is 2.